The van der Waals surface area contributed by atoms with Crippen molar-refractivity contribution in [1.82, 2.24) is 4.98 Å². The van der Waals surface area contributed by atoms with E-state index in [2.05, 4.69) is 10.3 Å². The quantitative estimate of drug-likeness (QED) is 0.352. The third-order valence-corrected chi connectivity index (χ3v) is 5.12. The topological polar surface area (TPSA) is 122 Å². The lowest BCUT2D eigenvalue weighted by Gasteiger charge is -2.13. The molecular formula is C25H19F3N2O6. The zero-order chi connectivity index (χ0) is 25.9. The lowest BCUT2D eigenvalue weighted by Crippen LogP contribution is -2.23. The van der Waals surface area contributed by atoms with Crippen LogP contribution in [0.5, 0.6) is 5.88 Å². The van der Waals surface area contributed by atoms with Crippen LogP contribution in [-0.2, 0) is 6.18 Å². The van der Waals surface area contributed by atoms with Crippen molar-refractivity contribution in [1.29, 1.82) is 0 Å². The molecule has 2 aromatic heterocycles. The van der Waals surface area contributed by atoms with Gasteiger partial charge >= 0.3 is 6.18 Å². The Morgan fingerprint density at radius 3 is 2.64 bits per heavy atom. The molecule has 4 aromatic rings. The van der Waals surface area contributed by atoms with E-state index in [1.54, 1.807) is 0 Å². The smallest absolute Gasteiger partial charge is 0.416 e. The molecule has 0 saturated carbocycles. The van der Waals surface area contributed by atoms with E-state index >= 15 is 0 Å². The first-order valence-corrected chi connectivity index (χ1v) is 10.6. The molecule has 0 aliphatic heterocycles. The second kappa shape index (κ2) is 10.2. The van der Waals surface area contributed by atoms with E-state index in [-0.39, 0.29) is 46.0 Å². The monoisotopic (exact) mass is 500 g/mol. The molecule has 1 atom stereocenters. The number of carbonyl (C=O) groups is 1. The number of halogens is 3. The molecule has 8 nitrogen and oxygen atoms in total. The number of pyridine rings is 1. The number of aromatic nitrogens is 1. The molecule has 3 N–H and O–H groups in total. The van der Waals surface area contributed by atoms with Gasteiger partial charge in [0.2, 0.25) is 5.88 Å². The standard InChI is InChI=1S/C25H19F3N2O6/c26-25(27,28)15-5-1-4-14(10-15)21-11-20(33)17-6-2-8-19(22(17)36-21)30-23(34)18-7-3-9-29-24(18)35-13-16(32)12-31/h1-11,16,31-32H,12-13H2,(H,30,34). The lowest BCUT2D eigenvalue weighted by atomic mass is 10.1. The number of carbonyl (C=O) groups excluding carboxylic acids is 1. The molecule has 1 amide bonds. The van der Waals surface area contributed by atoms with E-state index < -0.39 is 35.8 Å². The third-order valence-electron chi connectivity index (χ3n) is 5.12. The van der Waals surface area contributed by atoms with Crippen molar-refractivity contribution in [3.05, 3.63) is 88.2 Å². The van der Waals surface area contributed by atoms with Crippen LogP contribution in [0.15, 0.2) is 76.1 Å². The number of fused-ring (bicyclic) bond motifs is 1. The van der Waals surface area contributed by atoms with Gasteiger partial charge in [0.05, 0.1) is 23.2 Å². The maximum absolute atomic E-state index is 13.2. The summed E-state index contributed by atoms with van der Waals surface area (Å²) in [5.74, 6) is -0.895. The lowest BCUT2D eigenvalue weighted by molar-refractivity contribution is -0.137. The number of nitrogens with one attached hydrogen (secondary N) is 1. The Kier molecular flexibility index (Phi) is 7.04. The zero-order valence-corrected chi connectivity index (χ0v) is 18.5. The van der Waals surface area contributed by atoms with Gasteiger partial charge in [-0.3, -0.25) is 9.59 Å². The van der Waals surface area contributed by atoms with E-state index in [0.29, 0.717) is 0 Å². The predicted molar refractivity (Wildman–Crippen MR) is 124 cm³/mol. The van der Waals surface area contributed by atoms with Crippen LogP contribution in [0.2, 0.25) is 0 Å². The summed E-state index contributed by atoms with van der Waals surface area (Å²) in [6.07, 6.45) is -4.39. The molecule has 0 fully saturated rings. The highest BCUT2D eigenvalue weighted by Crippen LogP contribution is 2.33. The van der Waals surface area contributed by atoms with Gasteiger partial charge in [0, 0.05) is 17.8 Å². The number of para-hydroxylation sites is 1. The SMILES string of the molecule is O=C(Nc1cccc2c(=O)cc(-c3cccc(C(F)(F)F)c3)oc12)c1cccnc1OCC(O)CO. The van der Waals surface area contributed by atoms with E-state index in [9.17, 15) is 27.9 Å². The number of amides is 1. The van der Waals surface area contributed by atoms with Gasteiger partial charge in [0.15, 0.2) is 11.0 Å². The number of alkyl halides is 3. The first kappa shape index (κ1) is 24.9. The first-order valence-electron chi connectivity index (χ1n) is 10.6. The van der Waals surface area contributed by atoms with Crippen molar-refractivity contribution in [3.63, 3.8) is 0 Å². The number of ether oxygens (including phenoxy) is 1. The van der Waals surface area contributed by atoms with Gasteiger partial charge in [-0.1, -0.05) is 18.2 Å². The number of benzene rings is 2. The number of hydrogen-bond acceptors (Lipinski definition) is 7. The number of aliphatic hydroxyl groups excluding tert-OH is 2. The Hall–Kier alpha value is -4.22. The average Bonchev–Trinajstić information content (AvgIpc) is 2.87. The number of hydrogen-bond donors (Lipinski definition) is 3. The number of anilines is 1. The summed E-state index contributed by atoms with van der Waals surface area (Å²) < 4.78 is 50.6. The van der Waals surface area contributed by atoms with Gasteiger partial charge in [-0.15, -0.1) is 0 Å². The Bertz CT molecular complexity index is 1470. The fourth-order valence-corrected chi connectivity index (χ4v) is 3.36. The minimum Gasteiger partial charge on any atom is -0.474 e. The largest absolute Gasteiger partial charge is 0.474 e. The fraction of sp³-hybridized carbons (Fsp3) is 0.160. The molecule has 11 heteroatoms. The van der Waals surface area contributed by atoms with Crippen LogP contribution in [0, 0.1) is 0 Å². The number of nitrogens with zero attached hydrogens (tertiary/aromatic N) is 1. The minimum absolute atomic E-state index is 0.00368. The van der Waals surface area contributed by atoms with Crippen LogP contribution in [0.4, 0.5) is 18.9 Å². The fourth-order valence-electron chi connectivity index (χ4n) is 3.36. The summed E-state index contributed by atoms with van der Waals surface area (Å²) in [6.45, 7) is -0.852. The Balaban J connectivity index is 1.71. The summed E-state index contributed by atoms with van der Waals surface area (Å²) in [7, 11) is 0. The van der Waals surface area contributed by atoms with Crippen molar-refractivity contribution in [2.75, 3.05) is 18.5 Å². The highest BCUT2D eigenvalue weighted by molar-refractivity contribution is 6.09. The molecule has 0 aliphatic rings. The summed E-state index contributed by atoms with van der Waals surface area (Å²) in [5, 5.41) is 21.2. The summed E-state index contributed by atoms with van der Waals surface area (Å²) >= 11 is 0. The van der Waals surface area contributed by atoms with Crippen LogP contribution in [0.25, 0.3) is 22.3 Å². The highest BCUT2D eigenvalue weighted by atomic mass is 19.4. The number of aliphatic hydroxyl groups is 2. The van der Waals surface area contributed by atoms with Gasteiger partial charge in [0.25, 0.3) is 5.91 Å². The van der Waals surface area contributed by atoms with Crippen LogP contribution in [0.1, 0.15) is 15.9 Å². The molecule has 0 bridgehead atoms. The molecule has 2 aromatic carbocycles. The van der Waals surface area contributed by atoms with Crippen molar-refractivity contribution in [3.8, 4) is 17.2 Å². The molecule has 2 heterocycles. The Morgan fingerprint density at radius 1 is 1.11 bits per heavy atom. The molecule has 186 valence electrons. The van der Waals surface area contributed by atoms with E-state index in [4.69, 9.17) is 14.3 Å². The molecule has 1 unspecified atom stereocenters. The predicted octanol–water partition coefficient (Wildman–Crippen LogP) is 3.86. The van der Waals surface area contributed by atoms with Crippen molar-refractivity contribution < 1.29 is 37.3 Å². The van der Waals surface area contributed by atoms with Gasteiger partial charge in [-0.05, 0) is 36.4 Å². The molecule has 0 radical (unpaired) electrons. The van der Waals surface area contributed by atoms with Crippen molar-refractivity contribution in [2.24, 2.45) is 0 Å². The van der Waals surface area contributed by atoms with Crippen LogP contribution >= 0.6 is 0 Å². The maximum Gasteiger partial charge on any atom is 0.416 e. The summed E-state index contributed by atoms with van der Waals surface area (Å²) in [5.41, 5.74) is -1.32. The minimum atomic E-state index is -4.58. The normalized spacial score (nSPS) is 12.4. The van der Waals surface area contributed by atoms with Gasteiger partial charge in [-0.25, -0.2) is 4.98 Å². The molecule has 0 spiro atoms. The molecule has 0 saturated heterocycles. The van der Waals surface area contributed by atoms with E-state index in [1.807, 2.05) is 0 Å². The second-order valence-electron chi connectivity index (χ2n) is 7.69. The second-order valence-corrected chi connectivity index (χ2v) is 7.69. The average molecular weight is 500 g/mol. The van der Waals surface area contributed by atoms with Crippen molar-refractivity contribution >= 4 is 22.6 Å². The summed E-state index contributed by atoms with van der Waals surface area (Å²) in [6, 6.07) is 12.8. The van der Waals surface area contributed by atoms with Crippen LogP contribution < -0.4 is 15.5 Å². The van der Waals surface area contributed by atoms with Gasteiger partial charge in [0.1, 0.15) is 24.0 Å². The van der Waals surface area contributed by atoms with E-state index in [0.717, 1.165) is 18.2 Å². The van der Waals surface area contributed by atoms with Crippen LogP contribution in [0.3, 0.4) is 0 Å². The molecular weight excluding hydrogens is 481 g/mol. The molecule has 0 aliphatic carbocycles. The first-order chi connectivity index (χ1) is 17.2. The molecule has 36 heavy (non-hydrogen) atoms. The van der Waals surface area contributed by atoms with Crippen molar-refractivity contribution in [2.45, 2.75) is 12.3 Å². The van der Waals surface area contributed by atoms with Crippen LogP contribution in [-0.4, -0.2) is 40.4 Å². The number of rotatable bonds is 7. The maximum atomic E-state index is 13.2. The summed E-state index contributed by atoms with van der Waals surface area (Å²) in [4.78, 5) is 29.7. The third kappa shape index (κ3) is 5.37. The Labute approximate surface area is 201 Å². The van der Waals surface area contributed by atoms with Gasteiger partial charge < -0.3 is 24.7 Å². The van der Waals surface area contributed by atoms with Gasteiger partial charge in [-0.2, -0.15) is 13.2 Å². The Morgan fingerprint density at radius 2 is 1.89 bits per heavy atom. The zero-order valence-electron chi connectivity index (χ0n) is 18.5. The highest BCUT2D eigenvalue weighted by Gasteiger charge is 2.30. The molecule has 4 rings (SSSR count). The van der Waals surface area contributed by atoms with E-state index in [1.165, 1.54) is 48.7 Å².